The Labute approximate surface area is 94.2 Å². The van der Waals surface area contributed by atoms with Gasteiger partial charge in [-0.05, 0) is 34.1 Å². The summed E-state index contributed by atoms with van der Waals surface area (Å²) in [6.07, 6.45) is 1.64. The molecule has 0 saturated carbocycles. The van der Waals surface area contributed by atoms with E-state index in [4.69, 9.17) is 0 Å². The van der Waals surface area contributed by atoms with Crippen molar-refractivity contribution in [2.24, 2.45) is 0 Å². The number of amides is 1. The molecule has 1 amide bonds. The second-order valence-corrected chi connectivity index (χ2v) is 4.90. The lowest BCUT2D eigenvalue weighted by molar-refractivity contribution is -0.131. The summed E-state index contributed by atoms with van der Waals surface area (Å²) in [4.78, 5) is 13.7. The lowest BCUT2D eigenvalue weighted by Crippen LogP contribution is -2.39. The first-order chi connectivity index (χ1) is 6.90. The predicted molar refractivity (Wildman–Crippen MR) is 64.9 cm³/mol. The van der Waals surface area contributed by atoms with Gasteiger partial charge in [-0.1, -0.05) is 6.92 Å². The molecule has 0 atom stereocenters. The first kappa shape index (κ1) is 14.4. The van der Waals surface area contributed by atoms with Crippen LogP contribution in [0.5, 0.6) is 0 Å². The van der Waals surface area contributed by atoms with E-state index in [1.165, 1.54) is 0 Å². The van der Waals surface area contributed by atoms with E-state index in [9.17, 15) is 4.79 Å². The Morgan fingerprint density at radius 3 is 2.27 bits per heavy atom. The van der Waals surface area contributed by atoms with Crippen LogP contribution in [0.2, 0.25) is 0 Å². The van der Waals surface area contributed by atoms with Gasteiger partial charge in [-0.15, -0.1) is 0 Å². The smallest absolute Gasteiger partial charge is 0.223 e. The maximum atomic E-state index is 11.7. The van der Waals surface area contributed by atoms with Crippen molar-refractivity contribution in [2.75, 3.05) is 19.6 Å². The van der Waals surface area contributed by atoms with Crippen molar-refractivity contribution in [2.45, 2.75) is 53.0 Å². The molecular formula is C12H26N2O. The van der Waals surface area contributed by atoms with Crippen molar-refractivity contribution in [1.82, 2.24) is 10.2 Å². The number of nitrogens with one attached hydrogen (secondary N) is 1. The Bertz CT molecular complexity index is 185. The van der Waals surface area contributed by atoms with Crippen molar-refractivity contribution >= 4 is 5.91 Å². The van der Waals surface area contributed by atoms with Crippen LogP contribution in [0, 0.1) is 0 Å². The minimum atomic E-state index is 0.0993. The van der Waals surface area contributed by atoms with Crippen LogP contribution in [0.15, 0.2) is 0 Å². The van der Waals surface area contributed by atoms with E-state index in [0.717, 1.165) is 26.1 Å². The number of hydrogen-bond acceptors (Lipinski definition) is 2. The van der Waals surface area contributed by atoms with Gasteiger partial charge in [0.25, 0.3) is 0 Å². The largest absolute Gasteiger partial charge is 0.343 e. The fourth-order valence-corrected chi connectivity index (χ4v) is 1.43. The molecule has 0 radical (unpaired) electrons. The zero-order valence-corrected chi connectivity index (χ0v) is 10.9. The highest BCUT2D eigenvalue weighted by molar-refractivity contribution is 5.76. The second-order valence-electron chi connectivity index (χ2n) is 4.90. The third-order valence-electron chi connectivity index (χ3n) is 2.22. The molecule has 0 heterocycles. The van der Waals surface area contributed by atoms with E-state index in [2.05, 4.69) is 33.0 Å². The summed E-state index contributed by atoms with van der Waals surface area (Å²) in [5.74, 6) is 0.260. The van der Waals surface area contributed by atoms with Gasteiger partial charge in [0.05, 0.1) is 0 Å². The van der Waals surface area contributed by atoms with Gasteiger partial charge in [-0.3, -0.25) is 4.79 Å². The van der Waals surface area contributed by atoms with Gasteiger partial charge in [0.15, 0.2) is 0 Å². The summed E-state index contributed by atoms with van der Waals surface area (Å²) < 4.78 is 0. The molecule has 0 aromatic carbocycles. The van der Waals surface area contributed by atoms with E-state index >= 15 is 0 Å². The van der Waals surface area contributed by atoms with Crippen LogP contribution in [-0.4, -0.2) is 36.0 Å². The molecule has 15 heavy (non-hydrogen) atoms. The third-order valence-corrected chi connectivity index (χ3v) is 2.22. The topological polar surface area (TPSA) is 32.3 Å². The fourth-order valence-electron chi connectivity index (χ4n) is 1.43. The quantitative estimate of drug-likeness (QED) is 0.733. The van der Waals surface area contributed by atoms with Gasteiger partial charge in [-0.2, -0.15) is 0 Å². The summed E-state index contributed by atoms with van der Waals surface area (Å²) in [5, 5.41) is 3.33. The van der Waals surface area contributed by atoms with E-state index in [1.807, 2.05) is 11.8 Å². The summed E-state index contributed by atoms with van der Waals surface area (Å²) in [6.45, 7) is 12.9. The van der Waals surface area contributed by atoms with Crippen LogP contribution < -0.4 is 5.32 Å². The molecule has 3 heteroatoms. The SMILES string of the molecule is CCCN(CC)C(=O)CCNC(C)(C)C. The highest BCUT2D eigenvalue weighted by Crippen LogP contribution is 2.00. The first-order valence-electron chi connectivity index (χ1n) is 5.93. The van der Waals surface area contributed by atoms with E-state index in [0.29, 0.717) is 6.42 Å². The summed E-state index contributed by atoms with van der Waals surface area (Å²) in [6, 6.07) is 0. The van der Waals surface area contributed by atoms with Gasteiger partial charge >= 0.3 is 0 Å². The molecule has 0 aliphatic heterocycles. The minimum absolute atomic E-state index is 0.0993. The Hall–Kier alpha value is -0.570. The van der Waals surface area contributed by atoms with Crippen molar-refractivity contribution in [3.05, 3.63) is 0 Å². The minimum Gasteiger partial charge on any atom is -0.343 e. The number of hydrogen-bond donors (Lipinski definition) is 1. The summed E-state index contributed by atoms with van der Waals surface area (Å²) in [5.41, 5.74) is 0.0993. The fraction of sp³-hybridized carbons (Fsp3) is 0.917. The third kappa shape index (κ3) is 7.37. The van der Waals surface area contributed by atoms with Gasteiger partial charge in [0.2, 0.25) is 5.91 Å². The zero-order chi connectivity index (χ0) is 11.9. The van der Waals surface area contributed by atoms with Crippen molar-refractivity contribution < 1.29 is 4.79 Å². The maximum Gasteiger partial charge on any atom is 0.223 e. The average Bonchev–Trinajstić information content (AvgIpc) is 2.11. The van der Waals surface area contributed by atoms with Crippen LogP contribution in [0.1, 0.15) is 47.5 Å². The van der Waals surface area contributed by atoms with Gasteiger partial charge < -0.3 is 10.2 Å². The van der Waals surface area contributed by atoms with Crippen molar-refractivity contribution in [3.8, 4) is 0 Å². The molecule has 3 nitrogen and oxygen atoms in total. The molecular weight excluding hydrogens is 188 g/mol. The molecule has 0 aliphatic rings. The first-order valence-corrected chi connectivity index (χ1v) is 5.93. The second kappa shape index (κ2) is 6.83. The maximum absolute atomic E-state index is 11.7. The van der Waals surface area contributed by atoms with Crippen molar-refractivity contribution in [3.63, 3.8) is 0 Å². The normalized spacial score (nSPS) is 11.5. The highest BCUT2D eigenvalue weighted by atomic mass is 16.2. The van der Waals surface area contributed by atoms with E-state index < -0.39 is 0 Å². The van der Waals surface area contributed by atoms with Crippen LogP contribution >= 0.6 is 0 Å². The molecule has 1 N–H and O–H groups in total. The van der Waals surface area contributed by atoms with E-state index in [-0.39, 0.29) is 11.4 Å². The number of carbonyl (C=O) groups excluding carboxylic acids is 1. The Kier molecular flexibility index (Phi) is 6.57. The number of rotatable bonds is 6. The Morgan fingerprint density at radius 1 is 1.27 bits per heavy atom. The van der Waals surface area contributed by atoms with Crippen molar-refractivity contribution in [1.29, 1.82) is 0 Å². The number of nitrogens with zero attached hydrogens (tertiary/aromatic N) is 1. The monoisotopic (exact) mass is 214 g/mol. The highest BCUT2D eigenvalue weighted by Gasteiger charge is 2.12. The Balaban J connectivity index is 3.81. The molecule has 0 fully saturated rings. The number of carbonyl (C=O) groups is 1. The summed E-state index contributed by atoms with van der Waals surface area (Å²) >= 11 is 0. The van der Waals surface area contributed by atoms with Gasteiger partial charge in [-0.25, -0.2) is 0 Å². The van der Waals surface area contributed by atoms with Gasteiger partial charge in [0, 0.05) is 31.6 Å². The molecule has 0 rings (SSSR count). The van der Waals surface area contributed by atoms with Gasteiger partial charge in [0.1, 0.15) is 0 Å². The molecule has 0 unspecified atom stereocenters. The molecule has 0 aromatic heterocycles. The van der Waals surface area contributed by atoms with Crippen LogP contribution in [0.3, 0.4) is 0 Å². The van der Waals surface area contributed by atoms with Crippen LogP contribution in [-0.2, 0) is 4.79 Å². The molecule has 0 saturated heterocycles. The Morgan fingerprint density at radius 2 is 1.87 bits per heavy atom. The lowest BCUT2D eigenvalue weighted by atomic mass is 10.1. The molecule has 0 bridgehead atoms. The molecule has 0 spiro atoms. The molecule has 0 aromatic rings. The zero-order valence-electron chi connectivity index (χ0n) is 10.9. The standard InChI is InChI=1S/C12H26N2O/c1-6-10-14(7-2)11(15)8-9-13-12(3,4)5/h13H,6-10H2,1-5H3. The predicted octanol–water partition coefficient (Wildman–Crippen LogP) is 2.02. The molecule has 0 aliphatic carbocycles. The van der Waals surface area contributed by atoms with Crippen LogP contribution in [0.25, 0.3) is 0 Å². The average molecular weight is 214 g/mol. The van der Waals surface area contributed by atoms with Crippen LogP contribution in [0.4, 0.5) is 0 Å². The lowest BCUT2D eigenvalue weighted by Gasteiger charge is -2.23. The van der Waals surface area contributed by atoms with E-state index in [1.54, 1.807) is 0 Å². The molecule has 90 valence electrons. The summed E-state index contributed by atoms with van der Waals surface area (Å²) in [7, 11) is 0.